The summed E-state index contributed by atoms with van der Waals surface area (Å²) in [4.78, 5) is 29.3. The van der Waals surface area contributed by atoms with E-state index in [1.54, 1.807) is 46.1 Å². The van der Waals surface area contributed by atoms with Crippen LogP contribution in [-0.2, 0) is 11.3 Å². The van der Waals surface area contributed by atoms with E-state index in [1.807, 2.05) is 0 Å². The largest absolute Gasteiger partial charge is 0.497 e. The van der Waals surface area contributed by atoms with Crippen LogP contribution in [-0.4, -0.2) is 42.0 Å². The first-order chi connectivity index (χ1) is 13.1. The Kier molecular flexibility index (Phi) is 6.45. The van der Waals surface area contributed by atoms with Crippen molar-refractivity contribution < 1.29 is 28.9 Å². The monoisotopic (exact) mass is 388 g/mol. The van der Waals surface area contributed by atoms with Crippen LogP contribution < -0.4 is 14.4 Å². The standard InChI is InChI=1S/C20H24N2O6/c1-20(2,3)28-19(25)22(17-9-7-13(11-21-17)18(23)24)12-14-6-8-15(26-4)10-16(14)27-5/h6-11H,12H2,1-5H3,(H,23,24). The lowest BCUT2D eigenvalue weighted by Crippen LogP contribution is -2.37. The highest BCUT2D eigenvalue weighted by Crippen LogP contribution is 2.28. The van der Waals surface area contributed by atoms with E-state index in [0.717, 1.165) is 0 Å². The molecular weight excluding hydrogens is 364 g/mol. The van der Waals surface area contributed by atoms with Crippen LogP contribution in [0.4, 0.5) is 10.6 Å². The molecule has 1 aromatic heterocycles. The van der Waals surface area contributed by atoms with Gasteiger partial charge in [-0.05, 0) is 45.0 Å². The average molecular weight is 388 g/mol. The molecule has 0 spiro atoms. The lowest BCUT2D eigenvalue weighted by Gasteiger charge is -2.27. The highest BCUT2D eigenvalue weighted by atomic mass is 16.6. The summed E-state index contributed by atoms with van der Waals surface area (Å²) in [5.74, 6) is 0.320. The summed E-state index contributed by atoms with van der Waals surface area (Å²) in [6, 6.07) is 8.09. The first-order valence-electron chi connectivity index (χ1n) is 8.55. The van der Waals surface area contributed by atoms with Gasteiger partial charge in [-0.1, -0.05) is 0 Å². The van der Waals surface area contributed by atoms with Crippen LogP contribution >= 0.6 is 0 Å². The molecule has 1 aromatic carbocycles. The molecule has 0 fully saturated rings. The maximum atomic E-state index is 12.8. The number of rotatable bonds is 6. The van der Waals surface area contributed by atoms with Gasteiger partial charge in [-0.15, -0.1) is 0 Å². The van der Waals surface area contributed by atoms with Crippen LogP contribution in [0.15, 0.2) is 36.5 Å². The Bertz CT molecular complexity index is 843. The lowest BCUT2D eigenvalue weighted by atomic mass is 10.1. The number of benzene rings is 1. The summed E-state index contributed by atoms with van der Waals surface area (Å²) in [7, 11) is 3.07. The van der Waals surface area contributed by atoms with Crippen LogP contribution in [0, 0.1) is 0 Å². The van der Waals surface area contributed by atoms with Crippen molar-refractivity contribution in [1.29, 1.82) is 0 Å². The molecule has 2 rings (SSSR count). The second-order valence-corrected chi connectivity index (χ2v) is 6.95. The summed E-state index contributed by atoms with van der Waals surface area (Å²) in [5, 5.41) is 9.06. The van der Waals surface area contributed by atoms with Crippen molar-refractivity contribution in [2.24, 2.45) is 0 Å². The predicted molar refractivity (Wildman–Crippen MR) is 103 cm³/mol. The molecule has 8 heteroatoms. The number of carboxylic acids is 1. The van der Waals surface area contributed by atoms with Gasteiger partial charge >= 0.3 is 12.1 Å². The van der Waals surface area contributed by atoms with Crippen LogP contribution in [0.2, 0.25) is 0 Å². The average Bonchev–Trinajstić information content (AvgIpc) is 2.64. The third-order valence-electron chi connectivity index (χ3n) is 3.71. The van der Waals surface area contributed by atoms with Crippen LogP contribution in [0.1, 0.15) is 36.7 Å². The number of carboxylic acid groups (broad SMARTS) is 1. The number of hydrogen-bond donors (Lipinski definition) is 1. The van der Waals surface area contributed by atoms with Gasteiger partial charge in [-0.2, -0.15) is 0 Å². The second-order valence-electron chi connectivity index (χ2n) is 6.95. The molecule has 0 unspecified atom stereocenters. The molecule has 0 aliphatic rings. The topological polar surface area (TPSA) is 98.2 Å². The molecular formula is C20H24N2O6. The van der Waals surface area contributed by atoms with Crippen LogP contribution in [0.25, 0.3) is 0 Å². The van der Waals surface area contributed by atoms with Crippen molar-refractivity contribution in [2.75, 3.05) is 19.1 Å². The third kappa shape index (κ3) is 5.35. The molecule has 0 radical (unpaired) electrons. The van der Waals surface area contributed by atoms with Gasteiger partial charge in [0.1, 0.15) is 22.9 Å². The van der Waals surface area contributed by atoms with E-state index in [2.05, 4.69) is 4.98 Å². The SMILES string of the molecule is COc1ccc(CN(C(=O)OC(C)(C)C)c2ccc(C(=O)O)cn2)c(OC)c1. The minimum atomic E-state index is -1.10. The Morgan fingerprint density at radius 1 is 1.11 bits per heavy atom. The van der Waals surface area contributed by atoms with Gasteiger partial charge in [0, 0.05) is 17.8 Å². The number of hydrogen-bond acceptors (Lipinski definition) is 6. The molecule has 2 aromatic rings. The number of carbonyl (C=O) groups is 2. The van der Waals surface area contributed by atoms with Gasteiger partial charge in [0.25, 0.3) is 0 Å². The van der Waals surface area contributed by atoms with Gasteiger partial charge in [-0.25, -0.2) is 14.6 Å². The Hall–Kier alpha value is -3.29. The zero-order valence-corrected chi connectivity index (χ0v) is 16.6. The Labute approximate surface area is 163 Å². The minimum Gasteiger partial charge on any atom is -0.497 e. The molecule has 0 bridgehead atoms. The van der Waals surface area contributed by atoms with Crippen molar-refractivity contribution in [3.63, 3.8) is 0 Å². The maximum absolute atomic E-state index is 12.8. The summed E-state index contributed by atoms with van der Waals surface area (Å²) >= 11 is 0. The number of ether oxygens (including phenoxy) is 3. The molecule has 8 nitrogen and oxygen atoms in total. The number of anilines is 1. The molecule has 0 saturated heterocycles. The fourth-order valence-corrected chi connectivity index (χ4v) is 2.38. The quantitative estimate of drug-likeness (QED) is 0.805. The van der Waals surface area contributed by atoms with E-state index in [0.29, 0.717) is 17.1 Å². The predicted octanol–water partition coefficient (Wildman–Crippen LogP) is 3.74. The Morgan fingerprint density at radius 3 is 2.32 bits per heavy atom. The van der Waals surface area contributed by atoms with Crippen molar-refractivity contribution in [1.82, 2.24) is 4.98 Å². The molecule has 1 heterocycles. The number of methoxy groups -OCH3 is 2. The summed E-state index contributed by atoms with van der Waals surface area (Å²) < 4.78 is 16.1. The first kappa shape index (κ1) is 21.0. The zero-order chi connectivity index (χ0) is 20.9. The highest BCUT2D eigenvalue weighted by molar-refractivity contribution is 5.89. The van der Waals surface area contributed by atoms with E-state index < -0.39 is 17.7 Å². The van der Waals surface area contributed by atoms with Crippen LogP contribution in [0.5, 0.6) is 11.5 Å². The molecule has 1 N–H and O–H groups in total. The van der Waals surface area contributed by atoms with Gasteiger partial charge in [0.15, 0.2) is 0 Å². The highest BCUT2D eigenvalue weighted by Gasteiger charge is 2.26. The van der Waals surface area contributed by atoms with Gasteiger partial charge in [0.2, 0.25) is 0 Å². The number of amides is 1. The second kappa shape index (κ2) is 8.60. The lowest BCUT2D eigenvalue weighted by molar-refractivity contribution is 0.0575. The van der Waals surface area contributed by atoms with Crippen LogP contribution in [0.3, 0.4) is 0 Å². The zero-order valence-electron chi connectivity index (χ0n) is 16.6. The molecule has 0 aliphatic carbocycles. The minimum absolute atomic E-state index is 0.0231. The number of nitrogens with zero attached hydrogens (tertiary/aromatic N) is 2. The first-order valence-corrected chi connectivity index (χ1v) is 8.55. The van der Waals surface area contributed by atoms with E-state index >= 15 is 0 Å². The van der Waals surface area contributed by atoms with Gasteiger partial charge < -0.3 is 19.3 Å². The molecule has 1 amide bonds. The fourth-order valence-electron chi connectivity index (χ4n) is 2.38. The Morgan fingerprint density at radius 2 is 1.82 bits per heavy atom. The molecule has 0 saturated carbocycles. The third-order valence-corrected chi connectivity index (χ3v) is 3.71. The van der Waals surface area contributed by atoms with Crippen molar-refractivity contribution in [2.45, 2.75) is 32.9 Å². The van der Waals surface area contributed by atoms with E-state index in [1.165, 1.54) is 30.3 Å². The summed E-state index contributed by atoms with van der Waals surface area (Å²) in [6.07, 6.45) is 0.584. The van der Waals surface area contributed by atoms with E-state index in [-0.39, 0.29) is 17.9 Å². The fraction of sp³-hybridized carbons (Fsp3) is 0.350. The normalized spacial score (nSPS) is 10.9. The molecule has 0 atom stereocenters. The summed E-state index contributed by atoms with van der Waals surface area (Å²) in [6.45, 7) is 5.40. The maximum Gasteiger partial charge on any atom is 0.416 e. The Balaban J connectivity index is 2.41. The smallest absolute Gasteiger partial charge is 0.416 e. The van der Waals surface area contributed by atoms with Gasteiger partial charge in [0.05, 0.1) is 26.3 Å². The summed E-state index contributed by atoms with van der Waals surface area (Å²) in [5.41, 5.74) is 0.0218. The van der Waals surface area contributed by atoms with Crippen molar-refractivity contribution >= 4 is 17.9 Å². The van der Waals surface area contributed by atoms with Gasteiger partial charge in [-0.3, -0.25) is 4.90 Å². The van der Waals surface area contributed by atoms with Crippen molar-refractivity contribution in [3.05, 3.63) is 47.7 Å². The molecule has 0 aliphatic heterocycles. The number of aromatic nitrogens is 1. The number of pyridine rings is 1. The van der Waals surface area contributed by atoms with Crippen molar-refractivity contribution in [3.8, 4) is 11.5 Å². The molecule has 150 valence electrons. The van der Waals surface area contributed by atoms with E-state index in [9.17, 15) is 9.59 Å². The van der Waals surface area contributed by atoms with E-state index in [4.69, 9.17) is 19.3 Å². The molecule has 28 heavy (non-hydrogen) atoms. The number of carbonyl (C=O) groups excluding carboxylic acids is 1. The number of aromatic carboxylic acids is 1.